The number of nitrogens with one attached hydrogen (secondary N) is 1. The number of furan rings is 1. The highest BCUT2D eigenvalue weighted by molar-refractivity contribution is 5.80. The molecule has 38 heavy (non-hydrogen) atoms. The maximum Gasteiger partial charge on any atom is 0.252 e. The first kappa shape index (κ1) is 25.3. The number of benzene rings is 2. The second-order valence-corrected chi connectivity index (χ2v) is 9.57. The molecular formula is C28H29FN6O3. The van der Waals surface area contributed by atoms with Crippen molar-refractivity contribution in [3.63, 3.8) is 0 Å². The van der Waals surface area contributed by atoms with Gasteiger partial charge in [-0.05, 0) is 70.4 Å². The summed E-state index contributed by atoms with van der Waals surface area (Å²) in [7, 11) is 1.61. The molecule has 9 nitrogen and oxygen atoms in total. The Morgan fingerprint density at radius 1 is 1.11 bits per heavy atom. The Labute approximate surface area is 218 Å². The van der Waals surface area contributed by atoms with Crippen molar-refractivity contribution in [1.82, 2.24) is 30.1 Å². The van der Waals surface area contributed by atoms with Crippen molar-refractivity contribution in [3.8, 4) is 5.75 Å². The van der Waals surface area contributed by atoms with Crippen LogP contribution in [-0.4, -0.2) is 37.2 Å². The average Bonchev–Trinajstić information content (AvgIpc) is 3.58. The van der Waals surface area contributed by atoms with E-state index in [4.69, 9.17) is 9.15 Å². The number of pyridine rings is 1. The molecule has 5 aromatic rings. The molecule has 0 aliphatic rings. The SMILES string of the molecule is COc1ccc2[nH]c(=O)c(CN(Cc3ccc(F)cc3)C(c3nnnn3Cc3ccco3)C(C)C)cc2c1. The van der Waals surface area contributed by atoms with Gasteiger partial charge in [0.05, 0.1) is 19.4 Å². The van der Waals surface area contributed by atoms with Gasteiger partial charge in [0.15, 0.2) is 5.82 Å². The second-order valence-electron chi connectivity index (χ2n) is 9.57. The summed E-state index contributed by atoms with van der Waals surface area (Å²) in [6.07, 6.45) is 1.61. The summed E-state index contributed by atoms with van der Waals surface area (Å²) in [6, 6.07) is 17.2. The third-order valence-corrected chi connectivity index (χ3v) is 6.54. The molecule has 3 aromatic heterocycles. The molecule has 10 heteroatoms. The smallest absolute Gasteiger partial charge is 0.252 e. The monoisotopic (exact) mass is 516 g/mol. The molecule has 0 aliphatic carbocycles. The molecule has 5 rings (SSSR count). The molecule has 1 unspecified atom stereocenters. The van der Waals surface area contributed by atoms with Gasteiger partial charge in [0.25, 0.3) is 5.56 Å². The number of H-pyrrole nitrogens is 1. The van der Waals surface area contributed by atoms with Crippen molar-refractivity contribution in [1.29, 1.82) is 0 Å². The van der Waals surface area contributed by atoms with Gasteiger partial charge in [-0.3, -0.25) is 9.69 Å². The highest BCUT2D eigenvalue weighted by Gasteiger charge is 2.30. The van der Waals surface area contributed by atoms with Gasteiger partial charge < -0.3 is 14.1 Å². The number of ether oxygens (including phenoxy) is 1. The predicted molar refractivity (Wildman–Crippen MR) is 140 cm³/mol. The molecule has 0 fully saturated rings. The number of nitrogens with zero attached hydrogens (tertiary/aromatic N) is 5. The van der Waals surface area contributed by atoms with Gasteiger partial charge >= 0.3 is 0 Å². The van der Waals surface area contributed by atoms with Gasteiger partial charge in [-0.25, -0.2) is 9.07 Å². The van der Waals surface area contributed by atoms with Crippen LogP contribution in [0.25, 0.3) is 10.9 Å². The molecule has 3 heterocycles. The summed E-state index contributed by atoms with van der Waals surface area (Å²) >= 11 is 0. The van der Waals surface area contributed by atoms with Crippen LogP contribution < -0.4 is 10.3 Å². The number of fused-ring (bicyclic) bond motifs is 1. The molecular weight excluding hydrogens is 487 g/mol. The number of rotatable bonds is 10. The van der Waals surface area contributed by atoms with Gasteiger partial charge in [0.2, 0.25) is 0 Å². The van der Waals surface area contributed by atoms with Gasteiger partial charge in [-0.1, -0.05) is 26.0 Å². The van der Waals surface area contributed by atoms with Crippen LogP contribution in [0.15, 0.2) is 76.1 Å². The minimum atomic E-state index is -0.303. The second kappa shape index (κ2) is 11.0. The lowest BCUT2D eigenvalue weighted by molar-refractivity contribution is 0.125. The number of hydrogen-bond donors (Lipinski definition) is 1. The summed E-state index contributed by atoms with van der Waals surface area (Å²) in [5, 5.41) is 13.4. The third kappa shape index (κ3) is 5.50. The topological polar surface area (TPSA) is 102 Å². The zero-order valence-corrected chi connectivity index (χ0v) is 21.5. The minimum absolute atomic E-state index is 0.0800. The molecule has 1 N–H and O–H groups in total. The van der Waals surface area contributed by atoms with Gasteiger partial charge in [-0.15, -0.1) is 5.10 Å². The molecule has 0 spiro atoms. The van der Waals surface area contributed by atoms with E-state index in [1.54, 1.807) is 30.2 Å². The Balaban J connectivity index is 1.56. The zero-order valence-electron chi connectivity index (χ0n) is 21.5. The fourth-order valence-electron chi connectivity index (χ4n) is 4.74. The van der Waals surface area contributed by atoms with Crippen LogP contribution in [0.1, 0.15) is 42.6 Å². The van der Waals surface area contributed by atoms with Crippen molar-refractivity contribution < 1.29 is 13.5 Å². The summed E-state index contributed by atoms with van der Waals surface area (Å²) in [4.78, 5) is 18.3. The molecule has 2 aromatic carbocycles. The van der Waals surface area contributed by atoms with E-state index in [0.29, 0.717) is 36.8 Å². The van der Waals surface area contributed by atoms with E-state index < -0.39 is 0 Å². The average molecular weight is 517 g/mol. The lowest BCUT2D eigenvalue weighted by atomic mass is 9.99. The number of methoxy groups -OCH3 is 1. The first-order valence-corrected chi connectivity index (χ1v) is 12.4. The van der Waals surface area contributed by atoms with Crippen LogP contribution >= 0.6 is 0 Å². The molecule has 0 saturated carbocycles. The van der Waals surface area contributed by atoms with Crippen molar-refractivity contribution in [3.05, 3.63) is 106 Å². The van der Waals surface area contributed by atoms with Crippen molar-refractivity contribution in [2.45, 2.75) is 39.5 Å². The molecule has 0 aliphatic heterocycles. The Hall–Kier alpha value is -4.31. The largest absolute Gasteiger partial charge is 0.497 e. The van der Waals surface area contributed by atoms with E-state index in [1.165, 1.54) is 12.1 Å². The predicted octanol–water partition coefficient (Wildman–Crippen LogP) is 4.70. The summed E-state index contributed by atoms with van der Waals surface area (Å²) in [6.45, 7) is 5.31. The van der Waals surface area contributed by atoms with Crippen molar-refractivity contribution in [2.24, 2.45) is 5.92 Å². The van der Waals surface area contributed by atoms with E-state index in [0.717, 1.165) is 22.2 Å². The first-order chi connectivity index (χ1) is 18.4. The quantitative estimate of drug-likeness (QED) is 0.287. The van der Waals surface area contributed by atoms with Crippen LogP contribution in [0.3, 0.4) is 0 Å². The molecule has 0 radical (unpaired) electrons. The summed E-state index contributed by atoms with van der Waals surface area (Å²) < 4.78 is 26.3. The van der Waals surface area contributed by atoms with Crippen LogP contribution in [0.4, 0.5) is 4.39 Å². The van der Waals surface area contributed by atoms with E-state index >= 15 is 0 Å². The number of halogens is 1. The van der Waals surface area contributed by atoms with E-state index in [9.17, 15) is 9.18 Å². The Morgan fingerprint density at radius 3 is 2.63 bits per heavy atom. The summed E-state index contributed by atoms with van der Waals surface area (Å²) in [5.41, 5.74) is 2.04. The molecule has 0 saturated heterocycles. The van der Waals surface area contributed by atoms with Crippen LogP contribution in [-0.2, 0) is 19.6 Å². The van der Waals surface area contributed by atoms with E-state index in [1.807, 2.05) is 36.4 Å². The molecule has 196 valence electrons. The normalized spacial score (nSPS) is 12.5. The Bertz CT molecular complexity index is 1560. The van der Waals surface area contributed by atoms with Crippen LogP contribution in [0.5, 0.6) is 5.75 Å². The van der Waals surface area contributed by atoms with Crippen molar-refractivity contribution >= 4 is 10.9 Å². The van der Waals surface area contributed by atoms with Crippen molar-refractivity contribution in [2.75, 3.05) is 7.11 Å². The standard InChI is InChI=1S/C28H29FN6O3/c1-18(2)26(27-31-32-33-35(27)17-24-5-4-12-38-24)34(15-19-6-8-22(29)9-7-19)16-21-13-20-14-23(37-3)10-11-25(20)30-28(21)36/h4-14,18,26H,15-17H2,1-3H3,(H,30,36). The van der Waals surface area contributed by atoms with Crippen LogP contribution in [0.2, 0.25) is 0 Å². The fourth-order valence-corrected chi connectivity index (χ4v) is 4.74. The zero-order chi connectivity index (χ0) is 26.6. The van der Waals surface area contributed by atoms with Crippen LogP contribution in [0, 0.1) is 11.7 Å². The Morgan fingerprint density at radius 2 is 1.92 bits per heavy atom. The minimum Gasteiger partial charge on any atom is -0.497 e. The number of hydrogen-bond acceptors (Lipinski definition) is 7. The molecule has 0 amide bonds. The van der Waals surface area contributed by atoms with Gasteiger partial charge in [-0.2, -0.15) is 0 Å². The highest BCUT2D eigenvalue weighted by Crippen LogP contribution is 2.31. The lowest BCUT2D eigenvalue weighted by Crippen LogP contribution is -2.35. The van der Waals surface area contributed by atoms with Gasteiger partial charge in [0, 0.05) is 29.6 Å². The number of aromatic nitrogens is 5. The first-order valence-electron chi connectivity index (χ1n) is 12.4. The Kier molecular flexibility index (Phi) is 7.32. The highest BCUT2D eigenvalue weighted by atomic mass is 19.1. The molecule has 1 atom stereocenters. The third-order valence-electron chi connectivity index (χ3n) is 6.54. The fraction of sp³-hybridized carbons (Fsp3) is 0.286. The number of tetrazole rings is 1. The molecule has 0 bridgehead atoms. The van der Waals surface area contributed by atoms with E-state index in [-0.39, 0.29) is 23.3 Å². The maximum atomic E-state index is 13.7. The number of aromatic amines is 1. The maximum absolute atomic E-state index is 13.7. The summed E-state index contributed by atoms with van der Waals surface area (Å²) in [5.74, 6) is 1.86. The van der Waals surface area contributed by atoms with Gasteiger partial charge in [0.1, 0.15) is 23.9 Å². The lowest BCUT2D eigenvalue weighted by Gasteiger charge is -2.33. The van der Waals surface area contributed by atoms with E-state index in [2.05, 4.69) is 39.3 Å².